The average molecular weight is 255 g/mol. The molecule has 1 atom stereocenters. The molecule has 17 heavy (non-hydrogen) atoms. The van der Waals surface area contributed by atoms with Gasteiger partial charge >= 0.3 is 0 Å². The second-order valence-corrected chi connectivity index (χ2v) is 6.67. The van der Waals surface area contributed by atoms with E-state index >= 15 is 0 Å². The Morgan fingerprint density at radius 2 is 2.06 bits per heavy atom. The molecule has 1 aromatic carbocycles. The minimum atomic E-state index is -3.35. The zero-order valence-electron chi connectivity index (χ0n) is 10.3. The van der Waals surface area contributed by atoms with E-state index in [1.54, 1.807) is 20.2 Å². The summed E-state index contributed by atoms with van der Waals surface area (Å²) in [4.78, 5) is 0.389. The van der Waals surface area contributed by atoms with E-state index in [4.69, 9.17) is 4.74 Å². The Morgan fingerprint density at radius 1 is 1.41 bits per heavy atom. The van der Waals surface area contributed by atoms with Crippen LogP contribution in [-0.4, -0.2) is 39.5 Å². The van der Waals surface area contributed by atoms with Crippen LogP contribution < -0.4 is 0 Å². The summed E-state index contributed by atoms with van der Waals surface area (Å²) in [5.74, 6) is 0. The van der Waals surface area contributed by atoms with Crippen LogP contribution in [0.1, 0.15) is 11.1 Å². The molecule has 1 fully saturated rings. The molecular weight excluding hydrogens is 238 g/mol. The monoisotopic (exact) mass is 255 g/mol. The first-order chi connectivity index (χ1) is 7.91. The highest BCUT2D eigenvalue weighted by atomic mass is 32.2. The van der Waals surface area contributed by atoms with Crippen LogP contribution in [0.25, 0.3) is 0 Å². The molecule has 1 aliphatic heterocycles. The van der Waals surface area contributed by atoms with Gasteiger partial charge in [-0.3, -0.25) is 0 Å². The van der Waals surface area contributed by atoms with E-state index in [-0.39, 0.29) is 6.10 Å². The van der Waals surface area contributed by atoms with Gasteiger partial charge in [-0.2, -0.15) is 0 Å². The third-order valence-electron chi connectivity index (χ3n) is 2.88. The molecule has 0 bridgehead atoms. The molecule has 1 aliphatic rings. The standard InChI is InChI=1S/C12H17NO3S/c1-9-4-5-10(6-11-8-16-11)7-12(9)17(14,15)13(2)3/h4-5,7,11H,6,8H2,1-3H3. The van der Waals surface area contributed by atoms with Gasteiger partial charge in [0.2, 0.25) is 10.0 Å². The van der Waals surface area contributed by atoms with Crippen LogP contribution in [0, 0.1) is 6.92 Å². The molecule has 1 saturated heterocycles. The van der Waals surface area contributed by atoms with Crippen LogP contribution in [-0.2, 0) is 21.2 Å². The second kappa shape index (κ2) is 4.40. The molecule has 94 valence electrons. The fourth-order valence-electron chi connectivity index (χ4n) is 1.69. The highest BCUT2D eigenvalue weighted by Crippen LogP contribution is 2.23. The lowest BCUT2D eigenvalue weighted by atomic mass is 10.1. The molecule has 1 heterocycles. The maximum Gasteiger partial charge on any atom is 0.242 e. The fourth-order valence-corrected chi connectivity index (χ4v) is 2.86. The van der Waals surface area contributed by atoms with Crippen molar-refractivity contribution in [2.75, 3.05) is 20.7 Å². The number of benzene rings is 1. The van der Waals surface area contributed by atoms with Crippen LogP contribution in [0.5, 0.6) is 0 Å². The maximum absolute atomic E-state index is 12.1. The minimum Gasteiger partial charge on any atom is -0.373 e. The largest absolute Gasteiger partial charge is 0.373 e. The Balaban J connectivity index is 2.38. The molecule has 0 saturated carbocycles. The smallest absolute Gasteiger partial charge is 0.242 e. The Labute approximate surface area is 102 Å². The lowest BCUT2D eigenvalue weighted by Gasteiger charge is -2.14. The van der Waals surface area contributed by atoms with Gasteiger partial charge in [-0.05, 0) is 24.1 Å². The van der Waals surface area contributed by atoms with Crippen molar-refractivity contribution in [1.82, 2.24) is 4.31 Å². The van der Waals surface area contributed by atoms with Crippen LogP contribution in [0.3, 0.4) is 0 Å². The molecule has 0 amide bonds. The number of epoxide rings is 1. The normalized spacial score (nSPS) is 19.6. The third-order valence-corrected chi connectivity index (χ3v) is 4.83. The molecule has 1 aromatic rings. The zero-order valence-corrected chi connectivity index (χ0v) is 11.1. The molecular formula is C12H17NO3S. The van der Waals surface area contributed by atoms with Crippen molar-refractivity contribution in [3.05, 3.63) is 29.3 Å². The summed E-state index contributed by atoms with van der Waals surface area (Å²) in [5, 5.41) is 0. The molecule has 0 radical (unpaired) electrons. The number of nitrogens with zero attached hydrogens (tertiary/aromatic N) is 1. The Morgan fingerprint density at radius 3 is 2.59 bits per heavy atom. The van der Waals surface area contributed by atoms with Gasteiger partial charge in [0.25, 0.3) is 0 Å². The molecule has 4 nitrogen and oxygen atoms in total. The van der Waals surface area contributed by atoms with Crippen LogP contribution in [0.15, 0.2) is 23.1 Å². The summed E-state index contributed by atoms with van der Waals surface area (Å²) in [7, 11) is -0.259. The Bertz CT molecular complexity index is 519. The molecule has 0 spiro atoms. The van der Waals surface area contributed by atoms with Gasteiger partial charge in [-0.25, -0.2) is 12.7 Å². The average Bonchev–Trinajstić information content (AvgIpc) is 3.04. The van der Waals surface area contributed by atoms with Crippen molar-refractivity contribution >= 4 is 10.0 Å². The summed E-state index contributed by atoms with van der Waals surface area (Å²) >= 11 is 0. The lowest BCUT2D eigenvalue weighted by Crippen LogP contribution is -2.23. The first kappa shape index (κ1) is 12.5. The summed E-state index contributed by atoms with van der Waals surface area (Å²) < 4.78 is 30.6. The number of aryl methyl sites for hydroxylation is 1. The molecule has 0 aliphatic carbocycles. The van der Waals surface area contributed by atoms with Crippen molar-refractivity contribution in [1.29, 1.82) is 0 Å². The summed E-state index contributed by atoms with van der Waals surface area (Å²) in [5.41, 5.74) is 1.79. The van der Waals surface area contributed by atoms with Crippen molar-refractivity contribution in [3.63, 3.8) is 0 Å². The predicted octanol–water partition coefficient (Wildman–Crippen LogP) is 1.19. The van der Waals surface area contributed by atoms with Gasteiger partial charge in [0.1, 0.15) is 0 Å². The van der Waals surface area contributed by atoms with Gasteiger partial charge in [0.05, 0.1) is 17.6 Å². The summed E-state index contributed by atoms with van der Waals surface area (Å²) in [6.07, 6.45) is 1.06. The number of ether oxygens (including phenoxy) is 1. The molecule has 1 unspecified atom stereocenters. The zero-order chi connectivity index (χ0) is 12.6. The van der Waals surface area contributed by atoms with E-state index < -0.39 is 10.0 Å². The van der Waals surface area contributed by atoms with Crippen molar-refractivity contribution in [2.24, 2.45) is 0 Å². The second-order valence-electron chi connectivity index (χ2n) is 4.55. The quantitative estimate of drug-likeness (QED) is 0.759. The molecule has 0 N–H and O–H groups in total. The highest BCUT2D eigenvalue weighted by molar-refractivity contribution is 7.89. The number of rotatable bonds is 4. The summed E-state index contributed by atoms with van der Waals surface area (Å²) in [6, 6.07) is 5.58. The molecule has 2 rings (SSSR count). The highest BCUT2D eigenvalue weighted by Gasteiger charge is 2.25. The minimum absolute atomic E-state index is 0.271. The van der Waals surface area contributed by atoms with Crippen molar-refractivity contribution < 1.29 is 13.2 Å². The van der Waals surface area contributed by atoms with E-state index in [1.165, 1.54) is 4.31 Å². The van der Waals surface area contributed by atoms with Crippen LogP contribution in [0.2, 0.25) is 0 Å². The fraction of sp³-hybridized carbons (Fsp3) is 0.500. The van der Waals surface area contributed by atoms with Gasteiger partial charge < -0.3 is 4.74 Å². The van der Waals surface area contributed by atoms with E-state index in [2.05, 4.69) is 0 Å². The first-order valence-corrected chi connectivity index (χ1v) is 6.99. The Hall–Kier alpha value is -0.910. The molecule has 0 aromatic heterocycles. The number of hydrogen-bond acceptors (Lipinski definition) is 3. The van der Waals surface area contributed by atoms with Gasteiger partial charge in [-0.15, -0.1) is 0 Å². The van der Waals surface area contributed by atoms with Crippen molar-refractivity contribution in [3.8, 4) is 0 Å². The van der Waals surface area contributed by atoms with E-state index in [9.17, 15) is 8.42 Å². The SMILES string of the molecule is Cc1ccc(CC2CO2)cc1S(=O)(=O)N(C)C. The van der Waals surface area contributed by atoms with Gasteiger partial charge in [0, 0.05) is 20.5 Å². The third kappa shape index (κ3) is 2.68. The maximum atomic E-state index is 12.1. The number of hydrogen-bond donors (Lipinski definition) is 0. The topological polar surface area (TPSA) is 49.9 Å². The first-order valence-electron chi connectivity index (χ1n) is 5.55. The van der Waals surface area contributed by atoms with E-state index in [1.807, 2.05) is 19.1 Å². The van der Waals surface area contributed by atoms with Gasteiger partial charge in [-0.1, -0.05) is 12.1 Å². The van der Waals surface area contributed by atoms with Gasteiger partial charge in [0.15, 0.2) is 0 Å². The Kier molecular flexibility index (Phi) is 3.25. The van der Waals surface area contributed by atoms with Crippen LogP contribution in [0.4, 0.5) is 0 Å². The summed E-state index contributed by atoms with van der Waals surface area (Å²) in [6.45, 7) is 2.59. The lowest BCUT2D eigenvalue weighted by molar-refractivity contribution is 0.407. The van der Waals surface area contributed by atoms with E-state index in [0.717, 1.165) is 24.2 Å². The number of sulfonamides is 1. The van der Waals surface area contributed by atoms with Crippen LogP contribution >= 0.6 is 0 Å². The molecule has 5 heteroatoms. The van der Waals surface area contributed by atoms with Crippen molar-refractivity contribution in [2.45, 2.75) is 24.3 Å². The van der Waals surface area contributed by atoms with E-state index in [0.29, 0.717) is 4.90 Å². The predicted molar refractivity (Wildman–Crippen MR) is 65.5 cm³/mol.